The smallest absolute Gasteiger partial charge is 0.0794 e. The standard InChI is InChI=1S/C14H22N2OS/c1-17-3-2-15-9-14(5-11-4-12(11)6-14)7-13-8-16-10-18-13/h8,10-12,15H,2-7,9H2,1H3. The molecule has 100 valence electrons. The molecular formula is C14H22N2OS. The van der Waals surface area contributed by atoms with Crippen LogP contribution in [0.1, 0.15) is 24.1 Å². The maximum atomic E-state index is 5.10. The summed E-state index contributed by atoms with van der Waals surface area (Å²) < 4.78 is 5.10. The number of rotatable bonds is 7. The Morgan fingerprint density at radius 3 is 3.00 bits per heavy atom. The Kier molecular flexibility index (Phi) is 3.68. The van der Waals surface area contributed by atoms with E-state index in [1.54, 1.807) is 18.4 Å². The van der Waals surface area contributed by atoms with Gasteiger partial charge >= 0.3 is 0 Å². The van der Waals surface area contributed by atoms with Crippen molar-refractivity contribution < 1.29 is 4.74 Å². The Labute approximate surface area is 113 Å². The molecule has 0 aliphatic heterocycles. The molecule has 0 radical (unpaired) electrons. The first-order valence-corrected chi connectivity index (χ1v) is 7.76. The van der Waals surface area contributed by atoms with Gasteiger partial charge in [0.05, 0.1) is 12.1 Å². The van der Waals surface area contributed by atoms with Gasteiger partial charge in [-0.1, -0.05) is 0 Å². The molecule has 3 nitrogen and oxygen atoms in total. The monoisotopic (exact) mass is 266 g/mol. The van der Waals surface area contributed by atoms with Gasteiger partial charge in [0.25, 0.3) is 0 Å². The summed E-state index contributed by atoms with van der Waals surface area (Å²) in [6, 6.07) is 0. The average molecular weight is 266 g/mol. The van der Waals surface area contributed by atoms with Gasteiger partial charge in [0.1, 0.15) is 0 Å². The lowest BCUT2D eigenvalue weighted by atomic mass is 9.79. The summed E-state index contributed by atoms with van der Waals surface area (Å²) >= 11 is 1.80. The van der Waals surface area contributed by atoms with Crippen LogP contribution in [0.4, 0.5) is 0 Å². The number of fused-ring (bicyclic) bond motifs is 1. The minimum Gasteiger partial charge on any atom is -0.383 e. The molecule has 2 saturated carbocycles. The average Bonchev–Trinajstić information content (AvgIpc) is 2.81. The van der Waals surface area contributed by atoms with Crippen molar-refractivity contribution in [3.05, 3.63) is 16.6 Å². The lowest BCUT2D eigenvalue weighted by molar-refractivity contribution is 0.186. The van der Waals surface area contributed by atoms with Crippen molar-refractivity contribution in [1.82, 2.24) is 10.3 Å². The van der Waals surface area contributed by atoms with Crippen LogP contribution in [0.2, 0.25) is 0 Å². The zero-order valence-corrected chi connectivity index (χ0v) is 11.8. The summed E-state index contributed by atoms with van der Waals surface area (Å²) in [5, 5.41) is 3.58. The molecule has 2 aliphatic rings. The van der Waals surface area contributed by atoms with E-state index in [1.807, 2.05) is 11.7 Å². The second-order valence-corrected chi connectivity index (χ2v) is 6.95. The molecule has 1 aromatic rings. The highest BCUT2D eigenvalue weighted by molar-refractivity contribution is 7.09. The Morgan fingerprint density at radius 2 is 2.33 bits per heavy atom. The number of nitrogens with zero attached hydrogens (tertiary/aromatic N) is 1. The number of methoxy groups -OCH3 is 1. The van der Waals surface area contributed by atoms with E-state index in [4.69, 9.17) is 4.74 Å². The van der Waals surface area contributed by atoms with E-state index in [0.717, 1.165) is 31.5 Å². The normalized spacial score (nSPS) is 33.6. The Morgan fingerprint density at radius 1 is 1.50 bits per heavy atom. The molecule has 2 aliphatic carbocycles. The fourth-order valence-corrected chi connectivity index (χ4v) is 4.35. The minimum absolute atomic E-state index is 0.494. The van der Waals surface area contributed by atoms with Crippen molar-refractivity contribution in [2.24, 2.45) is 17.3 Å². The summed E-state index contributed by atoms with van der Waals surface area (Å²) in [6.45, 7) is 2.92. The van der Waals surface area contributed by atoms with Gasteiger partial charge in [0.15, 0.2) is 0 Å². The van der Waals surface area contributed by atoms with E-state index in [9.17, 15) is 0 Å². The Balaban J connectivity index is 1.58. The van der Waals surface area contributed by atoms with Crippen molar-refractivity contribution >= 4 is 11.3 Å². The lowest BCUT2D eigenvalue weighted by Crippen LogP contribution is -2.36. The van der Waals surface area contributed by atoms with Gasteiger partial charge in [0, 0.05) is 31.3 Å². The van der Waals surface area contributed by atoms with E-state index in [-0.39, 0.29) is 0 Å². The topological polar surface area (TPSA) is 34.1 Å². The number of hydrogen-bond donors (Lipinski definition) is 1. The largest absolute Gasteiger partial charge is 0.383 e. The summed E-state index contributed by atoms with van der Waals surface area (Å²) in [6.07, 6.45) is 7.57. The molecule has 3 rings (SSSR count). The van der Waals surface area contributed by atoms with Crippen LogP contribution in [-0.4, -0.2) is 31.8 Å². The summed E-state index contributed by atoms with van der Waals surface area (Å²) in [7, 11) is 1.76. The van der Waals surface area contributed by atoms with Crippen LogP contribution in [0.25, 0.3) is 0 Å². The first-order valence-electron chi connectivity index (χ1n) is 6.88. The number of ether oxygens (including phenoxy) is 1. The van der Waals surface area contributed by atoms with E-state index < -0.39 is 0 Å². The van der Waals surface area contributed by atoms with Crippen molar-refractivity contribution in [3.8, 4) is 0 Å². The third-order valence-corrected chi connectivity index (χ3v) is 5.25. The van der Waals surface area contributed by atoms with E-state index >= 15 is 0 Å². The fourth-order valence-electron chi connectivity index (χ4n) is 3.58. The van der Waals surface area contributed by atoms with Gasteiger partial charge in [-0.25, -0.2) is 0 Å². The number of hydrogen-bond acceptors (Lipinski definition) is 4. The Hall–Kier alpha value is -0.450. The summed E-state index contributed by atoms with van der Waals surface area (Å²) in [5.74, 6) is 2.06. The van der Waals surface area contributed by atoms with Gasteiger partial charge < -0.3 is 10.1 Å². The molecule has 0 spiro atoms. The van der Waals surface area contributed by atoms with Crippen LogP contribution in [0.3, 0.4) is 0 Å². The van der Waals surface area contributed by atoms with Crippen LogP contribution < -0.4 is 5.32 Å². The highest BCUT2D eigenvalue weighted by Crippen LogP contribution is 2.60. The van der Waals surface area contributed by atoms with Gasteiger partial charge in [-0.3, -0.25) is 4.98 Å². The molecule has 2 unspecified atom stereocenters. The second kappa shape index (κ2) is 5.27. The first kappa shape index (κ1) is 12.6. The molecule has 0 aromatic carbocycles. The van der Waals surface area contributed by atoms with Gasteiger partial charge in [-0.05, 0) is 42.9 Å². The number of thiazole rings is 1. The summed E-state index contributed by atoms with van der Waals surface area (Å²) in [5.41, 5.74) is 2.45. The predicted octanol–water partition coefficient (Wildman–Crippen LogP) is 2.34. The van der Waals surface area contributed by atoms with Crippen LogP contribution in [0.15, 0.2) is 11.7 Å². The molecule has 2 atom stereocenters. The summed E-state index contributed by atoms with van der Waals surface area (Å²) in [4.78, 5) is 5.66. The van der Waals surface area contributed by atoms with Crippen molar-refractivity contribution in [3.63, 3.8) is 0 Å². The molecular weight excluding hydrogens is 244 g/mol. The second-order valence-electron chi connectivity index (χ2n) is 5.98. The van der Waals surface area contributed by atoms with Crippen molar-refractivity contribution in [1.29, 1.82) is 0 Å². The van der Waals surface area contributed by atoms with Crippen LogP contribution in [0.5, 0.6) is 0 Å². The molecule has 1 aromatic heterocycles. The van der Waals surface area contributed by atoms with Crippen LogP contribution >= 0.6 is 11.3 Å². The first-order chi connectivity index (χ1) is 8.81. The molecule has 1 N–H and O–H groups in total. The molecule has 4 heteroatoms. The van der Waals surface area contributed by atoms with E-state index in [0.29, 0.717) is 5.41 Å². The maximum absolute atomic E-state index is 5.10. The van der Waals surface area contributed by atoms with Crippen molar-refractivity contribution in [2.45, 2.75) is 25.7 Å². The fraction of sp³-hybridized carbons (Fsp3) is 0.786. The van der Waals surface area contributed by atoms with Crippen LogP contribution in [-0.2, 0) is 11.2 Å². The Bertz CT molecular complexity index is 369. The predicted molar refractivity (Wildman–Crippen MR) is 73.8 cm³/mol. The molecule has 1 heterocycles. The van der Waals surface area contributed by atoms with Crippen LogP contribution in [0, 0.1) is 17.3 Å². The zero-order chi connectivity index (χ0) is 12.4. The zero-order valence-electron chi connectivity index (χ0n) is 11.0. The maximum Gasteiger partial charge on any atom is 0.0794 e. The van der Waals surface area contributed by atoms with Crippen molar-refractivity contribution in [2.75, 3.05) is 26.8 Å². The third kappa shape index (κ3) is 2.76. The van der Waals surface area contributed by atoms with E-state index in [2.05, 4.69) is 10.3 Å². The molecule has 18 heavy (non-hydrogen) atoms. The SMILES string of the molecule is COCCNCC1(Cc2cncs2)CC2CC2C1. The highest BCUT2D eigenvalue weighted by Gasteiger charge is 2.53. The number of nitrogens with one attached hydrogen (secondary N) is 1. The molecule has 0 bridgehead atoms. The van der Waals surface area contributed by atoms with E-state index in [1.165, 1.54) is 30.6 Å². The molecule has 0 amide bonds. The minimum atomic E-state index is 0.494. The molecule has 0 saturated heterocycles. The molecule has 2 fully saturated rings. The van der Waals surface area contributed by atoms with Gasteiger partial charge in [0.2, 0.25) is 0 Å². The van der Waals surface area contributed by atoms with Gasteiger partial charge in [-0.2, -0.15) is 0 Å². The highest BCUT2D eigenvalue weighted by atomic mass is 32.1. The third-order valence-electron chi connectivity index (χ3n) is 4.48. The quantitative estimate of drug-likeness (QED) is 0.769. The lowest BCUT2D eigenvalue weighted by Gasteiger charge is -2.31. The van der Waals surface area contributed by atoms with Gasteiger partial charge in [-0.15, -0.1) is 11.3 Å². The number of aromatic nitrogens is 1.